The van der Waals surface area contributed by atoms with Gasteiger partial charge in [0.15, 0.2) is 0 Å². The van der Waals surface area contributed by atoms with Crippen LogP contribution in [0, 0.1) is 13.8 Å². The molecule has 0 N–H and O–H groups in total. The molecule has 210 valence electrons. The zero-order valence-corrected chi connectivity index (χ0v) is 24.5. The molecule has 1 heterocycles. The van der Waals surface area contributed by atoms with Gasteiger partial charge in [-0.25, -0.2) is 8.42 Å². The molecule has 0 aromatic heterocycles. The van der Waals surface area contributed by atoms with Gasteiger partial charge in [-0.1, -0.05) is 0 Å². The zero-order chi connectivity index (χ0) is 27.3. The molecule has 2 fully saturated rings. The molecule has 1 aliphatic heterocycles. The molecular formula is C27H46N4O5S. The first-order valence-electron chi connectivity index (χ1n) is 13.3. The van der Waals surface area contributed by atoms with Crippen LogP contribution in [0.5, 0.6) is 5.75 Å². The number of benzene rings is 1. The molecule has 10 heteroatoms. The van der Waals surface area contributed by atoms with Crippen LogP contribution >= 0.6 is 0 Å². The number of nitrogens with zero attached hydrogens (tertiary/aromatic N) is 4. The molecule has 1 aromatic carbocycles. The molecule has 2 unspecified atom stereocenters. The highest BCUT2D eigenvalue weighted by Crippen LogP contribution is 2.30. The number of methoxy groups -OCH3 is 1. The number of carbonyl (C=O) groups is 1. The highest BCUT2D eigenvalue weighted by molar-refractivity contribution is 7.89. The number of hydrogen-bond donors (Lipinski definition) is 0. The number of hydrogen-bond acceptors (Lipinski definition) is 7. The van der Waals surface area contributed by atoms with Crippen molar-refractivity contribution in [2.75, 3.05) is 68.1 Å². The molecule has 1 aliphatic carbocycles. The Morgan fingerprint density at radius 3 is 2.32 bits per heavy atom. The van der Waals surface area contributed by atoms with Crippen molar-refractivity contribution in [3.63, 3.8) is 0 Å². The average Bonchev–Trinajstić information content (AvgIpc) is 3.36. The Morgan fingerprint density at radius 2 is 1.73 bits per heavy atom. The van der Waals surface area contributed by atoms with Crippen molar-refractivity contribution in [1.82, 2.24) is 19.0 Å². The van der Waals surface area contributed by atoms with E-state index in [-0.39, 0.29) is 36.6 Å². The molecule has 2 aliphatic rings. The molecular weight excluding hydrogens is 492 g/mol. The van der Waals surface area contributed by atoms with Gasteiger partial charge < -0.3 is 19.3 Å². The summed E-state index contributed by atoms with van der Waals surface area (Å²) in [5.74, 6) is 0.579. The van der Waals surface area contributed by atoms with Crippen LogP contribution < -0.4 is 4.74 Å². The van der Waals surface area contributed by atoms with E-state index in [1.165, 1.54) is 24.2 Å². The first-order chi connectivity index (χ1) is 17.4. The first-order valence-corrected chi connectivity index (χ1v) is 14.7. The van der Waals surface area contributed by atoms with Crippen LogP contribution in [-0.4, -0.2) is 120 Å². The summed E-state index contributed by atoms with van der Waals surface area (Å²) >= 11 is 0. The highest BCUT2D eigenvalue weighted by Gasteiger charge is 2.34. The van der Waals surface area contributed by atoms with Gasteiger partial charge >= 0.3 is 0 Å². The summed E-state index contributed by atoms with van der Waals surface area (Å²) in [7, 11) is 5.59. The van der Waals surface area contributed by atoms with Gasteiger partial charge in [-0.05, 0) is 83.3 Å². The predicted octanol–water partition coefficient (Wildman–Crippen LogP) is 2.35. The topological polar surface area (TPSA) is 82.6 Å². The Kier molecular flexibility index (Phi) is 10.4. The Bertz CT molecular complexity index is 1010. The molecule has 1 saturated carbocycles. The third kappa shape index (κ3) is 7.23. The molecule has 0 spiro atoms. The number of likely N-dealkylation sites (N-methyl/N-ethyl adjacent to an activating group) is 3. The maximum Gasteiger partial charge on any atom is 0.248 e. The standard InChI is InChI=1S/C27H46N4O5S/c1-20-15-25(35-7)16-21(2)27(20)37(33,34)29(5)13-14-36-19-26(32)30(6)22-9-8-10-23(17-22)31-12-11-24(18-31)28(3)4/h15-16,22-24H,8-14,17-19H2,1-7H3/t22?,23?,24-/m1/s1. The molecule has 1 aromatic rings. The predicted molar refractivity (Wildman–Crippen MR) is 146 cm³/mol. The number of amides is 1. The molecule has 0 bridgehead atoms. The Labute approximate surface area is 223 Å². The second-order valence-electron chi connectivity index (χ2n) is 10.8. The number of ether oxygens (including phenoxy) is 2. The highest BCUT2D eigenvalue weighted by atomic mass is 32.2. The summed E-state index contributed by atoms with van der Waals surface area (Å²) in [6, 6.07) is 4.81. The lowest BCUT2D eigenvalue weighted by atomic mass is 9.89. The second kappa shape index (κ2) is 12.9. The van der Waals surface area contributed by atoms with E-state index >= 15 is 0 Å². The lowest BCUT2D eigenvalue weighted by Crippen LogP contribution is -2.47. The number of sulfonamides is 1. The van der Waals surface area contributed by atoms with E-state index in [0.29, 0.717) is 29.0 Å². The molecule has 3 rings (SSSR count). The van der Waals surface area contributed by atoms with Crippen LogP contribution in [0.25, 0.3) is 0 Å². The van der Waals surface area contributed by atoms with Crippen LogP contribution in [0.4, 0.5) is 0 Å². The second-order valence-corrected chi connectivity index (χ2v) is 12.8. The van der Waals surface area contributed by atoms with E-state index in [2.05, 4.69) is 23.9 Å². The van der Waals surface area contributed by atoms with Crippen molar-refractivity contribution in [2.24, 2.45) is 0 Å². The smallest absolute Gasteiger partial charge is 0.248 e. The van der Waals surface area contributed by atoms with E-state index in [1.807, 2.05) is 11.9 Å². The maximum absolute atomic E-state index is 13.2. The Morgan fingerprint density at radius 1 is 1.05 bits per heavy atom. The minimum Gasteiger partial charge on any atom is -0.497 e. The summed E-state index contributed by atoms with van der Waals surface area (Å²) < 4.78 is 38.5. The van der Waals surface area contributed by atoms with Crippen molar-refractivity contribution < 1.29 is 22.7 Å². The maximum atomic E-state index is 13.2. The van der Waals surface area contributed by atoms with Crippen LogP contribution in [0.15, 0.2) is 17.0 Å². The summed E-state index contributed by atoms with van der Waals surface area (Å²) in [5.41, 5.74) is 1.27. The summed E-state index contributed by atoms with van der Waals surface area (Å²) in [6.45, 7) is 6.04. The summed E-state index contributed by atoms with van der Waals surface area (Å²) in [6.07, 6.45) is 5.56. The fourth-order valence-corrected chi connectivity index (χ4v) is 7.27. The van der Waals surface area contributed by atoms with Gasteiger partial charge in [0, 0.05) is 51.9 Å². The van der Waals surface area contributed by atoms with Crippen LogP contribution in [-0.2, 0) is 19.6 Å². The first kappa shape index (κ1) is 29.8. The monoisotopic (exact) mass is 538 g/mol. The summed E-state index contributed by atoms with van der Waals surface area (Å²) in [4.78, 5) is 19.9. The van der Waals surface area contributed by atoms with E-state index in [9.17, 15) is 13.2 Å². The van der Waals surface area contributed by atoms with Crippen molar-refractivity contribution in [3.05, 3.63) is 23.3 Å². The third-order valence-electron chi connectivity index (χ3n) is 8.12. The van der Waals surface area contributed by atoms with E-state index in [0.717, 1.165) is 32.4 Å². The largest absolute Gasteiger partial charge is 0.497 e. The number of carbonyl (C=O) groups excluding carboxylic acids is 1. The lowest BCUT2D eigenvalue weighted by molar-refractivity contribution is -0.137. The molecule has 0 radical (unpaired) electrons. The van der Waals surface area contributed by atoms with Gasteiger partial charge in [0.05, 0.1) is 18.6 Å². The van der Waals surface area contributed by atoms with Crippen molar-refractivity contribution in [2.45, 2.75) is 69.0 Å². The van der Waals surface area contributed by atoms with Gasteiger partial charge in [-0.2, -0.15) is 4.31 Å². The van der Waals surface area contributed by atoms with Gasteiger partial charge in [0.2, 0.25) is 15.9 Å². The number of likely N-dealkylation sites (tertiary alicyclic amines) is 1. The zero-order valence-electron chi connectivity index (χ0n) is 23.7. The Hall–Kier alpha value is -1.72. The van der Waals surface area contributed by atoms with Gasteiger partial charge in [-0.15, -0.1) is 0 Å². The Balaban J connectivity index is 1.46. The SMILES string of the molecule is COc1cc(C)c(S(=O)(=O)N(C)CCOCC(=O)N(C)C2CCCC(N3CC[C@@H](N(C)C)C3)C2)c(C)c1. The van der Waals surface area contributed by atoms with Gasteiger partial charge in [0.25, 0.3) is 0 Å². The molecule has 3 atom stereocenters. The van der Waals surface area contributed by atoms with Crippen molar-refractivity contribution in [3.8, 4) is 5.75 Å². The average molecular weight is 539 g/mol. The fraction of sp³-hybridized carbons (Fsp3) is 0.741. The quantitative estimate of drug-likeness (QED) is 0.400. The van der Waals surface area contributed by atoms with Crippen molar-refractivity contribution >= 4 is 15.9 Å². The van der Waals surface area contributed by atoms with Crippen LogP contribution in [0.2, 0.25) is 0 Å². The molecule has 9 nitrogen and oxygen atoms in total. The van der Waals surface area contributed by atoms with E-state index in [1.54, 1.807) is 33.1 Å². The van der Waals surface area contributed by atoms with E-state index < -0.39 is 10.0 Å². The van der Waals surface area contributed by atoms with Gasteiger partial charge in [-0.3, -0.25) is 9.69 Å². The molecule has 1 saturated heterocycles. The minimum atomic E-state index is -3.69. The minimum absolute atomic E-state index is 0.0431. The molecule has 37 heavy (non-hydrogen) atoms. The van der Waals surface area contributed by atoms with Crippen molar-refractivity contribution in [1.29, 1.82) is 0 Å². The van der Waals surface area contributed by atoms with Crippen LogP contribution in [0.3, 0.4) is 0 Å². The molecule has 1 amide bonds. The normalized spacial score (nSPS) is 23.1. The van der Waals surface area contributed by atoms with Gasteiger partial charge in [0.1, 0.15) is 12.4 Å². The summed E-state index contributed by atoms with van der Waals surface area (Å²) in [5, 5.41) is 0. The van der Waals surface area contributed by atoms with Crippen LogP contribution in [0.1, 0.15) is 43.2 Å². The van der Waals surface area contributed by atoms with E-state index in [4.69, 9.17) is 9.47 Å². The lowest BCUT2D eigenvalue weighted by Gasteiger charge is -2.39. The fourth-order valence-electron chi connectivity index (χ4n) is 5.71. The number of aryl methyl sites for hydroxylation is 2. The third-order valence-corrected chi connectivity index (χ3v) is 10.3. The number of rotatable bonds is 11.